The van der Waals surface area contributed by atoms with E-state index in [1.165, 1.54) is 0 Å². The summed E-state index contributed by atoms with van der Waals surface area (Å²) in [5.41, 5.74) is 5.46. The zero-order chi connectivity index (χ0) is 12.7. The van der Waals surface area contributed by atoms with Crippen LogP contribution in [-0.2, 0) is 9.59 Å². The predicted octanol–water partition coefficient (Wildman–Crippen LogP) is 0.587. The van der Waals surface area contributed by atoms with Crippen LogP contribution in [0.2, 0.25) is 0 Å². The Morgan fingerprint density at radius 1 is 1.38 bits per heavy atom. The third-order valence-corrected chi connectivity index (χ3v) is 2.68. The molecule has 0 aromatic heterocycles. The van der Waals surface area contributed by atoms with Crippen molar-refractivity contribution < 1.29 is 14.7 Å². The summed E-state index contributed by atoms with van der Waals surface area (Å²) < 4.78 is 0. The highest BCUT2D eigenvalue weighted by molar-refractivity contribution is 5.80. The van der Waals surface area contributed by atoms with Crippen LogP contribution in [0.15, 0.2) is 0 Å². The molecule has 0 aliphatic rings. The standard InChI is InChI=1S/C11H22N2O3/c1-4-8(6-12)11(16)13-9(7(2)3)5-10(14)15/h7-9H,4-6,12H2,1-3H3,(H,13,16)(H,14,15). The van der Waals surface area contributed by atoms with E-state index in [4.69, 9.17) is 10.8 Å². The van der Waals surface area contributed by atoms with Crippen LogP contribution in [0.1, 0.15) is 33.6 Å². The number of carbonyl (C=O) groups excluding carboxylic acids is 1. The Morgan fingerprint density at radius 2 is 1.94 bits per heavy atom. The van der Waals surface area contributed by atoms with E-state index in [0.717, 1.165) is 0 Å². The second-order valence-corrected chi connectivity index (χ2v) is 4.30. The number of amides is 1. The van der Waals surface area contributed by atoms with Crippen LogP contribution in [0, 0.1) is 11.8 Å². The van der Waals surface area contributed by atoms with E-state index >= 15 is 0 Å². The Morgan fingerprint density at radius 3 is 2.25 bits per heavy atom. The number of aliphatic carboxylic acids is 1. The Kier molecular flexibility index (Phi) is 6.72. The van der Waals surface area contributed by atoms with Crippen molar-refractivity contribution in [2.75, 3.05) is 6.54 Å². The molecule has 0 aromatic rings. The monoisotopic (exact) mass is 230 g/mol. The van der Waals surface area contributed by atoms with Crippen LogP contribution in [0.3, 0.4) is 0 Å². The summed E-state index contributed by atoms with van der Waals surface area (Å²) in [6.45, 7) is 5.95. The number of hydrogen-bond acceptors (Lipinski definition) is 3. The van der Waals surface area contributed by atoms with E-state index in [-0.39, 0.29) is 30.2 Å². The molecule has 0 spiro atoms. The predicted molar refractivity (Wildman–Crippen MR) is 61.9 cm³/mol. The Hall–Kier alpha value is -1.10. The van der Waals surface area contributed by atoms with Gasteiger partial charge in [0, 0.05) is 18.5 Å². The first-order valence-corrected chi connectivity index (χ1v) is 5.64. The van der Waals surface area contributed by atoms with Crippen molar-refractivity contribution in [3.8, 4) is 0 Å². The van der Waals surface area contributed by atoms with Gasteiger partial charge in [-0.25, -0.2) is 0 Å². The number of hydrogen-bond donors (Lipinski definition) is 3. The molecule has 1 amide bonds. The highest BCUT2D eigenvalue weighted by Gasteiger charge is 2.22. The van der Waals surface area contributed by atoms with Gasteiger partial charge < -0.3 is 16.2 Å². The molecular weight excluding hydrogens is 208 g/mol. The van der Waals surface area contributed by atoms with Gasteiger partial charge in [0.25, 0.3) is 0 Å². The summed E-state index contributed by atoms with van der Waals surface area (Å²) in [5.74, 6) is -1.19. The molecule has 5 nitrogen and oxygen atoms in total. The number of carboxylic acids is 1. The van der Waals surface area contributed by atoms with Gasteiger partial charge in [0.05, 0.1) is 6.42 Å². The van der Waals surface area contributed by atoms with Crippen molar-refractivity contribution >= 4 is 11.9 Å². The SMILES string of the molecule is CCC(CN)C(=O)NC(CC(=O)O)C(C)C. The van der Waals surface area contributed by atoms with Crippen molar-refractivity contribution in [2.24, 2.45) is 17.6 Å². The quantitative estimate of drug-likeness (QED) is 0.596. The summed E-state index contributed by atoms with van der Waals surface area (Å²) >= 11 is 0. The molecule has 4 N–H and O–H groups in total. The molecule has 0 aliphatic carbocycles. The fourth-order valence-electron chi connectivity index (χ4n) is 1.40. The summed E-state index contributed by atoms with van der Waals surface area (Å²) in [6.07, 6.45) is 0.616. The molecule has 2 atom stereocenters. The van der Waals surface area contributed by atoms with E-state index < -0.39 is 5.97 Å². The van der Waals surface area contributed by atoms with Crippen LogP contribution in [0.5, 0.6) is 0 Å². The third-order valence-electron chi connectivity index (χ3n) is 2.68. The molecule has 16 heavy (non-hydrogen) atoms. The second-order valence-electron chi connectivity index (χ2n) is 4.30. The van der Waals surface area contributed by atoms with Crippen molar-refractivity contribution in [1.82, 2.24) is 5.32 Å². The van der Waals surface area contributed by atoms with Crippen molar-refractivity contribution in [3.05, 3.63) is 0 Å². The first-order valence-electron chi connectivity index (χ1n) is 5.64. The van der Waals surface area contributed by atoms with E-state index in [1.54, 1.807) is 0 Å². The van der Waals surface area contributed by atoms with Crippen molar-refractivity contribution in [3.63, 3.8) is 0 Å². The van der Waals surface area contributed by atoms with Gasteiger partial charge in [-0.2, -0.15) is 0 Å². The van der Waals surface area contributed by atoms with Gasteiger partial charge in [0.15, 0.2) is 0 Å². The van der Waals surface area contributed by atoms with Crippen LogP contribution in [-0.4, -0.2) is 29.6 Å². The first-order chi connectivity index (χ1) is 7.42. The molecule has 0 saturated carbocycles. The molecule has 5 heteroatoms. The van der Waals surface area contributed by atoms with Crippen LogP contribution < -0.4 is 11.1 Å². The fraction of sp³-hybridized carbons (Fsp3) is 0.818. The molecule has 0 saturated heterocycles. The van der Waals surface area contributed by atoms with Gasteiger partial charge in [-0.05, 0) is 12.3 Å². The molecule has 0 aromatic carbocycles. The second kappa shape index (κ2) is 7.22. The average Bonchev–Trinajstić information content (AvgIpc) is 2.17. The van der Waals surface area contributed by atoms with E-state index in [0.29, 0.717) is 13.0 Å². The number of nitrogens with two attached hydrogens (primary N) is 1. The average molecular weight is 230 g/mol. The fourth-order valence-corrected chi connectivity index (χ4v) is 1.40. The van der Waals surface area contributed by atoms with Gasteiger partial charge in [-0.3, -0.25) is 9.59 Å². The molecule has 0 radical (unpaired) electrons. The highest BCUT2D eigenvalue weighted by Crippen LogP contribution is 2.08. The Balaban J connectivity index is 4.38. The minimum atomic E-state index is -0.903. The minimum Gasteiger partial charge on any atom is -0.481 e. The van der Waals surface area contributed by atoms with E-state index in [1.807, 2.05) is 20.8 Å². The van der Waals surface area contributed by atoms with Gasteiger partial charge in [-0.1, -0.05) is 20.8 Å². The lowest BCUT2D eigenvalue weighted by Gasteiger charge is -2.23. The summed E-state index contributed by atoms with van der Waals surface area (Å²) in [5, 5.41) is 11.5. The Labute approximate surface area is 96.4 Å². The minimum absolute atomic E-state index is 0.0512. The largest absolute Gasteiger partial charge is 0.481 e. The lowest BCUT2D eigenvalue weighted by molar-refractivity contribution is -0.138. The van der Waals surface area contributed by atoms with Gasteiger partial charge in [0.2, 0.25) is 5.91 Å². The van der Waals surface area contributed by atoms with E-state index in [9.17, 15) is 9.59 Å². The van der Waals surface area contributed by atoms with Gasteiger partial charge in [-0.15, -0.1) is 0 Å². The Bertz CT molecular complexity index is 237. The van der Waals surface area contributed by atoms with Crippen LogP contribution >= 0.6 is 0 Å². The third kappa shape index (κ3) is 5.11. The maximum atomic E-state index is 11.7. The zero-order valence-electron chi connectivity index (χ0n) is 10.2. The van der Waals surface area contributed by atoms with E-state index in [2.05, 4.69) is 5.32 Å². The number of rotatable bonds is 7. The maximum absolute atomic E-state index is 11.7. The van der Waals surface area contributed by atoms with Gasteiger partial charge >= 0.3 is 5.97 Å². The van der Waals surface area contributed by atoms with Crippen LogP contribution in [0.4, 0.5) is 0 Å². The molecule has 0 fully saturated rings. The first kappa shape index (κ1) is 14.9. The number of carboxylic acid groups (broad SMARTS) is 1. The molecule has 0 heterocycles. The van der Waals surface area contributed by atoms with Crippen molar-refractivity contribution in [2.45, 2.75) is 39.7 Å². The molecule has 94 valence electrons. The molecular formula is C11H22N2O3. The number of nitrogens with one attached hydrogen (secondary N) is 1. The maximum Gasteiger partial charge on any atom is 0.305 e. The normalized spacial score (nSPS) is 14.6. The smallest absolute Gasteiger partial charge is 0.305 e. The molecule has 0 bridgehead atoms. The summed E-state index contributed by atoms with van der Waals surface area (Å²) in [6, 6.07) is -0.328. The molecule has 0 rings (SSSR count). The highest BCUT2D eigenvalue weighted by atomic mass is 16.4. The molecule has 2 unspecified atom stereocenters. The molecule has 0 aliphatic heterocycles. The summed E-state index contributed by atoms with van der Waals surface area (Å²) in [7, 11) is 0. The lowest BCUT2D eigenvalue weighted by atomic mass is 9.99. The van der Waals surface area contributed by atoms with Crippen molar-refractivity contribution in [1.29, 1.82) is 0 Å². The lowest BCUT2D eigenvalue weighted by Crippen LogP contribution is -2.44. The van der Waals surface area contributed by atoms with Gasteiger partial charge in [0.1, 0.15) is 0 Å². The zero-order valence-corrected chi connectivity index (χ0v) is 10.2. The number of carbonyl (C=O) groups is 2. The topological polar surface area (TPSA) is 92.4 Å². The summed E-state index contributed by atoms with van der Waals surface area (Å²) in [4.78, 5) is 22.3. The van der Waals surface area contributed by atoms with Crippen LogP contribution in [0.25, 0.3) is 0 Å².